The lowest BCUT2D eigenvalue weighted by Crippen LogP contribution is -2.03. The van der Waals surface area contributed by atoms with Crippen LogP contribution in [0.15, 0.2) is 72.8 Å². The van der Waals surface area contributed by atoms with Crippen molar-refractivity contribution in [1.82, 2.24) is 0 Å². The fraction of sp³-hybridized carbons (Fsp3) is 0.125. The van der Waals surface area contributed by atoms with Gasteiger partial charge in [-0.05, 0) is 55.0 Å². The van der Waals surface area contributed by atoms with Crippen LogP contribution in [0.1, 0.15) is 27.0 Å². The molecule has 0 radical (unpaired) electrons. The highest BCUT2D eigenvalue weighted by Crippen LogP contribution is 2.30. The number of carbonyl (C=O) groups is 1. The first-order valence-electron chi connectivity index (χ1n) is 9.31. The van der Waals surface area contributed by atoms with E-state index in [1.165, 1.54) is 18.2 Å². The fourth-order valence-electron chi connectivity index (χ4n) is 2.82. The Morgan fingerprint density at radius 1 is 1.00 bits per heavy atom. The summed E-state index contributed by atoms with van der Waals surface area (Å²) in [5, 5.41) is 9.22. The van der Waals surface area contributed by atoms with Gasteiger partial charge in [-0.3, -0.25) is 0 Å². The molecule has 0 unspecified atom stereocenters. The molecule has 1 N–H and O–H groups in total. The first-order chi connectivity index (χ1) is 14.7. The number of carboxylic acid groups (broad SMARTS) is 1. The molecule has 4 nitrogen and oxygen atoms in total. The average molecular weight is 428 g/mol. The van der Waals surface area contributed by atoms with Crippen LogP contribution >= 0.6 is 0 Å². The normalized spacial score (nSPS) is 11.5. The first kappa shape index (κ1) is 22.0. The number of ether oxygens (including phenoxy) is 2. The van der Waals surface area contributed by atoms with Crippen molar-refractivity contribution in [3.63, 3.8) is 0 Å². The third kappa shape index (κ3) is 5.88. The van der Waals surface area contributed by atoms with Gasteiger partial charge in [0, 0.05) is 11.6 Å². The fourth-order valence-corrected chi connectivity index (χ4v) is 2.82. The van der Waals surface area contributed by atoms with Crippen molar-refractivity contribution < 1.29 is 32.5 Å². The molecule has 31 heavy (non-hydrogen) atoms. The minimum atomic E-state index is -4.36. The van der Waals surface area contributed by atoms with E-state index in [9.17, 15) is 23.1 Å². The van der Waals surface area contributed by atoms with Crippen molar-refractivity contribution in [3.8, 4) is 17.2 Å². The van der Waals surface area contributed by atoms with Crippen LogP contribution in [0, 0.1) is 6.92 Å². The minimum absolute atomic E-state index is 0.165. The second kappa shape index (κ2) is 9.38. The van der Waals surface area contributed by atoms with E-state index in [2.05, 4.69) is 0 Å². The largest absolute Gasteiger partial charge is 0.489 e. The van der Waals surface area contributed by atoms with E-state index in [-0.39, 0.29) is 12.2 Å². The highest BCUT2D eigenvalue weighted by atomic mass is 19.4. The van der Waals surface area contributed by atoms with Gasteiger partial charge in [-0.25, -0.2) is 4.79 Å². The first-order valence-corrected chi connectivity index (χ1v) is 9.31. The molecule has 0 amide bonds. The van der Waals surface area contributed by atoms with Gasteiger partial charge >= 0.3 is 12.1 Å². The number of carboxylic acids is 1. The molecule has 3 aromatic carbocycles. The Bertz CT molecular complexity index is 1090. The molecular weight excluding hydrogens is 409 g/mol. The summed E-state index contributed by atoms with van der Waals surface area (Å²) < 4.78 is 49.2. The molecule has 0 atom stereocenters. The molecule has 0 aliphatic heterocycles. The van der Waals surface area contributed by atoms with Crippen molar-refractivity contribution in [3.05, 3.63) is 95.1 Å². The molecular formula is C24H19F3O4. The molecule has 0 heterocycles. The molecule has 0 aliphatic carbocycles. The minimum Gasteiger partial charge on any atom is -0.489 e. The highest BCUT2D eigenvalue weighted by Gasteiger charge is 2.29. The Hall–Kier alpha value is -3.74. The topological polar surface area (TPSA) is 55.8 Å². The zero-order chi connectivity index (χ0) is 22.4. The smallest absolute Gasteiger partial charge is 0.416 e. The summed E-state index contributed by atoms with van der Waals surface area (Å²) in [4.78, 5) is 11.3. The van der Waals surface area contributed by atoms with Crippen LogP contribution < -0.4 is 9.47 Å². The maximum absolute atomic E-state index is 12.6. The standard InChI is InChI=1S/C24H19F3O4/c1-16-21(23(28)29)8-3-9-22(16)31-20-7-2-6-19(15-20)30-14-4-5-17-10-12-18(13-11-17)24(25,26)27/h2-13,15H,14H2,1H3,(H,28,29)/b5-4+. The van der Waals surface area contributed by atoms with Crippen LogP contribution in [0.3, 0.4) is 0 Å². The summed E-state index contributed by atoms with van der Waals surface area (Å²) in [6, 6.07) is 16.5. The Labute approximate surface area is 177 Å². The molecule has 3 rings (SSSR count). The molecule has 7 heteroatoms. The van der Waals surface area contributed by atoms with Crippen molar-refractivity contribution in [1.29, 1.82) is 0 Å². The van der Waals surface area contributed by atoms with Gasteiger partial charge < -0.3 is 14.6 Å². The van der Waals surface area contributed by atoms with Crippen molar-refractivity contribution in [2.45, 2.75) is 13.1 Å². The van der Waals surface area contributed by atoms with Crippen LogP contribution in [0.25, 0.3) is 6.08 Å². The highest BCUT2D eigenvalue weighted by molar-refractivity contribution is 5.90. The molecule has 0 aliphatic rings. The number of halogens is 3. The van der Waals surface area contributed by atoms with Gasteiger partial charge in [0.15, 0.2) is 0 Å². The summed E-state index contributed by atoms with van der Waals surface area (Å²) >= 11 is 0. The molecule has 0 spiro atoms. The summed E-state index contributed by atoms with van der Waals surface area (Å²) in [5.41, 5.74) is 0.614. The lowest BCUT2D eigenvalue weighted by atomic mass is 10.1. The van der Waals surface area contributed by atoms with Crippen LogP contribution in [-0.4, -0.2) is 17.7 Å². The van der Waals surface area contributed by atoms with Gasteiger partial charge in [0.05, 0.1) is 11.1 Å². The molecule has 160 valence electrons. The third-order valence-corrected chi connectivity index (χ3v) is 4.44. The number of benzene rings is 3. The molecule has 0 bridgehead atoms. The van der Waals surface area contributed by atoms with Crippen LogP contribution in [0.2, 0.25) is 0 Å². The van der Waals surface area contributed by atoms with Gasteiger partial charge in [-0.2, -0.15) is 13.2 Å². The monoisotopic (exact) mass is 428 g/mol. The van der Waals surface area contributed by atoms with E-state index in [1.54, 1.807) is 55.5 Å². The Morgan fingerprint density at radius 2 is 1.68 bits per heavy atom. The predicted octanol–water partition coefficient (Wildman–Crippen LogP) is 6.60. The molecule has 0 aromatic heterocycles. The second-order valence-electron chi connectivity index (χ2n) is 6.64. The molecule has 0 saturated heterocycles. The maximum Gasteiger partial charge on any atom is 0.416 e. The lowest BCUT2D eigenvalue weighted by molar-refractivity contribution is -0.137. The van der Waals surface area contributed by atoms with Gasteiger partial charge in [0.2, 0.25) is 0 Å². The Morgan fingerprint density at radius 3 is 2.35 bits per heavy atom. The third-order valence-electron chi connectivity index (χ3n) is 4.44. The van der Waals surface area contributed by atoms with E-state index in [4.69, 9.17) is 9.47 Å². The second-order valence-corrected chi connectivity index (χ2v) is 6.64. The predicted molar refractivity (Wildman–Crippen MR) is 111 cm³/mol. The molecule has 0 saturated carbocycles. The number of hydrogen-bond acceptors (Lipinski definition) is 3. The summed E-state index contributed by atoms with van der Waals surface area (Å²) in [5.74, 6) is 0.413. The lowest BCUT2D eigenvalue weighted by Gasteiger charge is -2.11. The van der Waals surface area contributed by atoms with E-state index in [0.29, 0.717) is 28.4 Å². The van der Waals surface area contributed by atoms with Gasteiger partial charge in [0.1, 0.15) is 23.9 Å². The van der Waals surface area contributed by atoms with E-state index >= 15 is 0 Å². The summed E-state index contributed by atoms with van der Waals surface area (Å²) in [6.45, 7) is 1.88. The number of aromatic carboxylic acids is 1. The SMILES string of the molecule is Cc1c(Oc2cccc(OC/C=C/c3ccc(C(F)(F)F)cc3)c2)cccc1C(=O)O. The molecule has 3 aromatic rings. The van der Waals surface area contributed by atoms with Crippen molar-refractivity contribution >= 4 is 12.0 Å². The Kier molecular flexibility index (Phi) is 6.65. The summed E-state index contributed by atoms with van der Waals surface area (Å²) in [7, 11) is 0. The number of alkyl halides is 3. The van der Waals surface area contributed by atoms with Gasteiger partial charge in [-0.1, -0.05) is 30.3 Å². The molecule has 0 fully saturated rings. The van der Waals surface area contributed by atoms with Crippen LogP contribution in [0.5, 0.6) is 17.2 Å². The van der Waals surface area contributed by atoms with Crippen LogP contribution in [0.4, 0.5) is 13.2 Å². The van der Waals surface area contributed by atoms with E-state index < -0.39 is 17.7 Å². The number of rotatable bonds is 7. The summed E-state index contributed by atoms with van der Waals surface area (Å²) in [6.07, 6.45) is -0.996. The quantitative estimate of drug-likeness (QED) is 0.461. The van der Waals surface area contributed by atoms with Gasteiger partial charge in [0.25, 0.3) is 0 Å². The zero-order valence-corrected chi connectivity index (χ0v) is 16.5. The van der Waals surface area contributed by atoms with Crippen molar-refractivity contribution in [2.75, 3.05) is 6.61 Å². The van der Waals surface area contributed by atoms with Crippen molar-refractivity contribution in [2.24, 2.45) is 0 Å². The van der Waals surface area contributed by atoms with E-state index in [1.807, 2.05) is 0 Å². The van der Waals surface area contributed by atoms with Crippen LogP contribution in [-0.2, 0) is 6.18 Å². The number of hydrogen-bond donors (Lipinski definition) is 1. The Balaban J connectivity index is 1.61. The zero-order valence-electron chi connectivity index (χ0n) is 16.5. The van der Waals surface area contributed by atoms with Gasteiger partial charge in [-0.15, -0.1) is 0 Å². The average Bonchev–Trinajstić information content (AvgIpc) is 2.72. The maximum atomic E-state index is 12.6. The van der Waals surface area contributed by atoms with E-state index in [0.717, 1.165) is 12.1 Å².